The van der Waals surface area contributed by atoms with E-state index >= 15 is 0 Å². The van der Waals surface area contributed by atoms with Crippen LogP contribution in [0.2, 0.25) is 0 Å². The second-order valence-corrected chi connectivity index (χ2v) is 9.53. The molecule has 0 bridgehead atoms. The van der Waals surface area contributed by atoms with Gasteiger partial charge in [0.25, 0.3) is 0 Å². The molecule has 2 aromatic carbocycles. The number of aromatic hydroxyl groups is 1. The summed E-state index contributed by atoms with van der Waals surface area (Å²) in [6.07, 6.45) is 3.18. The first-order valence-electron chi connectivity index (χ1n) is 12.6. The van der Waals surface area contributed by atoms with Crippen LogP contribution in [0.3, 0.4) is 0 Å². The molecule has 4 atom stereocenters. The van der Waals surface area contributed by atoms with Crippen LogP contribution in [-0.2, 0) is 16.0 Å². The van der Waals surface area contributed by atoms with E-state index in [1.54, 1.807) is 37.4 Å². The van der Waals surface area contributed by atoms with Crippen molar-refractivity contribution in [1.82, 2.24) is 14.9 Å². The van der Waals surface area contributed by atoms with Gasteiger partial charge in [0.05, 0.1) is 24.1 Å². The van der Waals surface area contributed by atoms with Crippen LogP contribution in [0.5, 0.6) is 11.5 Å². The molecule has 0 radical (unpaired) electrons. The number of aliphatic hydroxyl groups excluding tert-OH is 1. The number of aromatic nitrogens is 2. The number of carboxylic acid groups (broad SMARTS) is 1. The lowest BCUT2D eigenvalue weighted by Gasteiger charge is -2.30. The summed E-state index contributed by atoms with van der Waals surface area (Å²) in [5.74, 6) is 0.135. The Balaban J connectivity index is 0.00000186. The first-order valence-corrected chi connectivity index (χ1v) is 12.6. The van der Waals surface area contributed by atoms with E-state index in [9.17, 15) is 20.1 Å². The average molecular weight is 512 g/mol. The fourth-order valence-corrected chi connectivity index (χ4v) is 5.11. The van der Waals surface area contributed by atoms with Crippen LogP contribution >= 0.6 is 0 Å². The molecule has 4 rings (SSSR count). The van der Waals surface area contributed by atoms with Gasteiger partial charge in [-0.3, -0.25) is 4.79 Å². The van der Waals surface area contributed by atoms with E-state index in [-0.39, 0.29) is 17.8 Å². The Labute approximate surface area is 217 Å². The van der Waals surface area contributed by atoms with Gasteiger partial charge in [-0.25, -0.2) is 4.98 Å². The molecule has 9 nitrogen and oxygen atoms in total. The number of fused-ring (bicyclic) bond motifs is 1. The molecule has 1 saturated carbocycles. The molecule has 9 heteroatoms. The molecule has 1 aliphatic rings. The highest BCUT2D eigenvalue weighted by Gasteiger charge is 2.32. The fraction of sp³-hybridized carbons (Fsp3) is 0.464. The second-order valence-electron chi connectivity index (χ2n) is 9.53. The van der Waals surface area contributed by atoms with Crippen LogP contribution < -0.4 is 10.1 Å². The number of nitrogens with zero attached hydrogens (tertiary/aromatic N) is 2. The standard InChI is InChI=1S/C27H35N3O5.CH2O/c1-16(28-2)7-12-21-23(31)14-13-22-24(21)29-26(25(32)17-8-10-20(35-3)11-9-17)30(22)19-6-4-5-18(15-19)27(33)34;1-2/h8-11,13-14,16,18-19,25,28,31-32H,4-7,12,15H2,1-3H3,(H,33,34);1H2. The molecule has 4 unspecified atom stereocenters. The van der Waals surface area contributed by atoms with Gasteiger partial charge in [0.2, 0.25) is 0 Å². The second kappa shape index (κ2) is 12.7. The Bertz CT molecular complexity index is 1190. The number of carboxylic acids is 1. The molecule has 0 amide bonds. The predicted molar refractivity (Wildman–Crippen MR) is 141 cm³/mol. The zero-order valence-corrected chi connectivity index (χ0v) is 21.7. The maximum absolute atomic E-state index is 11.8. The first-order chi connectivity index (χ1) is 17.8. The summed E-state index contributed by atoms with van der Waals surface area (Å²) < 4.78 is 7.27. The lowest BCUT2D eigenvalue weighted by Crippen LogP contribution is -2.26. The number of hydrogen-bond acceptors (Lipinski definition) is 7. The molecule has 0 saturated heterocycles. The minimum atomic E-state index is -1.01. The van der Waals surface area contributed by atoms with Crippen LogP contribution in [0, 0.1) is 5.92 Å². The number of aliphatic hydroxyl groups is 1. The molecule has 3 aromatic rings. The number of phenolic OH excluding ortho intramolecular Hbond substituents is 1. The lowest BCUT2D eigenvalue weighted by molar-refractivity contribution is -0.143. The first kappa shape index (κ1) is 28.1. The number of aliphatic carboxylic acids is 1. The largest absolute Gasteiger partial charge is 0.508 e. The number of carbonyl (C=O) groups excluding carboxylic acids is 1. The SMILES string of the molecule is C=O.CNC(C)CCc1c(O)ccc2c1nc(C(O)c1ccc(OC)cc1)n2C1CCCC(C(=O)O)C1. The van der Waals surface area contributed by atoms with Gasteiger partial charge in [-0.05, 0) is 75.9 Å². The monoisotopic (exact) mass is 511 g/mol. The maximum atomic E-state index is 11.8. The third-order valence-electron chi connectivity index (χ3n) is 7.33. The minimum Gasteiger partial charge on any atom is -0.508 e. The number of benzene rings is 2. The van der Waals surface area contributed by atoms with Crippen LogP contribution in [0.25, 0.3) is 11.0 Å². The van der Waals surface area contributed by atoms with Crippen molar-refractivity contribution in [2.45, 2.75) is 63.6 Å². The van der Waals surface area contributed by atoms with Crippen LogP contribution in [-0.4, -0.2) is 57.8 Å². The molecule has 1 heterocycles. The third-order valence-corrected chi connectivity index (χ3v) is 7.33. The zero-order valence-electron chi connectivity index (χ0n) is 21.7. The van der Waals surface area contributed by atoms with Gasteiger partial charge in [0, 0.05) is 17.6 Å². The van der Waals surface area contributed by atoms with E-state index < -0.39 is 18.0 Å². The van der Waals surface area contributed by atoms with Gasteiger partial charge >= 0.3 is 5.97 Å². The molecule has 0 aliphatic heterocycles. The summed E-state index contributed by atoms with van der Waals surface area (Å²) in [4.78, 5) is 24.7. The Hall–Kier alpha value is -3.43. The smallest absolute Gasteiger partial charge is 0.306 e. The molecular formula is C28H37N3O6. The number of hydrogen-bond donors (Lipinski definition) is 4. The van der Waals surface area contributed by atoms with Gasteiger partial charge in [-0.1, -0.05) is 18.6 Å². The van der Waals surface area contributed by atoms with E-state index in [0.717, 1.165) is 30.3 Å². The summed E-state index contributed by atoms with van der Waals surface area (Å²) >= 11 is 0. The predicted octanol–water partition coefficient (Wildman–Crippen LogP) is 4.00. The molecule has 4 N–H and O–H groups in total. The molecule has 200 valence electrons. The van der Waals surface area contributed by atoms with E-state index in [2.05, 4.69) is 12.2 Å². The van der Waals surface area contributed by atoms with Crippen LogP contribution in [0.1, 0.15) is 68.1 Å². The zero-order chi connectivity index (χ0) is 27.1. The third kappa shape index (κ3) is 6.11. The average Bonchev–Trinajstić information content (AvgIpc) is 3.32. The topological polar surface area (TPSA) is 134 Å². The quantitative estimate of drug-likeness (QED) is 0.339. The number of aryl methyl sites for hydroxylation is 1. The number of nitrogens with one attached hydrogen (secondary N) is 1. The molecule has 1 fully saturated rings. The summed E-state index contributed by atoms with van der Waals surface area (Å²) in [7, 11) is 3.50. The highest BCUT2D eigenvalue weighted by molar-refractivity contribution is 5.82. The van der Waals surface area contributed by atoms with Gasteiger partial charge in [0.15, 0.2) is 0 Å². The van der Waals surface area contributed by atoms with Gasteiger partial charge in [-0.15, -0.1) is 0 Å². The van der Waals surface area contributed by atoms with Crippen molar-refractivity contribution >= 4 is 23.8 Å². The van der Waals surface area contributed by atoms with Crippen molar-refractivity contribution in [3.8, 4) is 11.5 Å². The van der Waals surface area contributed by atoms with Gasteiger partial charge < -0.3 is 34.7 Å². The highest BCUT2D eigenvalue weighted by atomic mass is 16.5. The number of imidazole rings is 1. The number of carbonyl (C=O) groups is 2. The molecular weight excluding hydrogens is 474 g/mol. The Morgan fingerprint density at radius 2 is 1.92 bits per heavy atom. The fourth-order valence-electron chi connectivity index (χ4n) is 5.11. The summed E-state index contributed by atoms with van der Waals surface area (Å²) in [6, 6.07) is 10.9. The Morgan fingerprint density at radius 1 is 1.22 bits per heavy atom. The van der Waals surface area contributed by atoms with Gasteiger partial charge in [-0.2, -0.15) is 0 Å². The van der Waals surface area contributed by atoms with E-state index in [1.807, 2.05) is 24.5 Å². The van der Waals surface area contributed by atoms with E-state index in [1.165, 1.54) is 0 Å². The van der Waals surface area contributed by atoms with Gasteiger partial charge in [0.1, 0.15) is 30.2 Å². The number of phenols is 1. The molecule has 1 aromatic heterocycles. The Morgan fingerprint density at radius 3 is 2.54 bits per heavy atom. The number of rotatable bonds is 9. The van der Waals surface area contributed by atoms with E-state index in [0.29, 0.717) is 41.9 Å². The molecule has 0 spiro atoms. The van der Waals surface area contributed by atoms with Crippen LogP contribution in [0.15, 0.2) is 36.4 Å². The van der Waals surface area contributed by atoms with Crippen molar-refractivity contribution < 1.29 is 29.6 Å². The van der Waals surface area contributed by atoms with Crippen molar-refractivity contribution in [3.05, 3.63) is 53.3 Å². The van der Waals surface area contributed by atoms with E-state index in [4.69, 9.17) is 14.5 Å². The van der Waals surface area contributed by atoms with Crippen molar-refractivity contribution in [1.29, 1.82) is 0 Å². The van der Waals surface area contributed by atoms with Crippen molar-refractivity contribution in [2.75, 3.05) is 14.2 Å². The lowest BCUT2D eigenvalue weighted by atomic mass is 9.85. The van der Waals surface area contributed by atoms with Crippen molar-refractivity contribution in [2.24, 2.45) is 5.92 Å². The normalized spacial score (nSPS) is 19.0. The summed E-state index contributed by atoms with van der Waals surface area (Å²) in [5, 5.41) is 35.1. The maximum Gasteiger partial charge on any atom is 0.306 e. The number of ether oxygens (including phenoxy) is 1. The summed E-state index contributed by atoms with van der Waals surface area (Å²) in [6.45, 7) is 4.09. The summed E-state index contributed by atoms with van der Waals surface area (Å²) in [5.41, 5.74) is 2.89. The highest BCUT2D eigenvalue weighted by Crippen LogP contribution is 2.40. The van der Waals surface area contributed by atoms with Crippen molar-refractivity contribution in [3.63, 3.8) is 0 Å². The Kier molecular flexibility index (Phi) is 9.66. The van der Waals surface area contributed by atoms with Crippen LogP contribution in [0.4, 0.5) is 0 Å². The number of methoxy groups -OCH3 is 1. The molecule has 1 aliphatic carbocycles. The molecule has 37 heavy (non-hydrogen) atoms. The minimum absolute atomic E-state index is 0.105.